The molecule has 1 aliphatic carbocycles. The third-order valence-electron chi connectivity index (χ3n) is 3.62. The minimum absolute atomic E-state index is 0.0338. The van der Waals surface area contributed by atoms with Crippen molar-refractivity contribution in [2.75, 3.05) is 5.73 Å². The molecule has 1 aliphatic rings. The Labute approximate surface area is 128 Å². The largest absolute Gasteiger partial charge is 0.464 e. The van der Waals surface area contributed by atoms with Gasteiger partial charge in [-0.05, 0) is 50.1 Å². The normalized spacial score (nSPS) is 14.2. The van der Waals surface area contributed by atoms with Gasteiger partial charge in [-0.3, -0.25) is 4.79 Å². The Bertz CT molecular complexity index is 677. The van der Waals surface area contributed by atoms with E-state index in [4.69, 9.17) is 21.8 Å². The van der Waals surface area contributed by atoms with Crippen LogP contribution in [0, 0.1) is 6.92 Å². The van der Waals surface area contributed by atoms with Crippen molar-refractivity contribution >= 4 is 23.2 Å². The molecule has 0 spiro atoms. The molecule has 0 radical (unpaired) electrons. The van der Waals surface area contributed by atoms with E-state index in [0.717, 1.165) is 24.4 Å². The molecule has 5 heteroatoms. The molecule has 1 saturated carbocycles. The molecule has 1 heterocycles. The molecule has 4 nitrogen and oxygen atoms in total. The van der Waals surface area contributed by atoms with E-state index < -0.39 is 0 Å². The predicted molar refractivity (Wildman–Crippen MR) is 82.2 cm³/mol. The Morgan fingerprint density at radius 3 is 2.71 bits per heavy atom. The molecule has 1 aromatic heterocycles. The van der Waals surface area contributed by atoms with Crippen LogP contribution >= 0.6 is 11.6 Å². The van der Waals surface area contributed by atoms with Crippen molar-refractivity contribution in [2.24, 2.45) is 0 Å². The fourth-order valence-electron chi connectivity index (χ4n) is 2.32. The maximum Gasteiger partial charge on any atom is 0.254 e. The van der Waals surface area contributed by atoms with Gasteiger partial charge in [0.1, 0.15) is 11.5 Å². The van der Waals surface area contributed by atoms with E-state index in [2.05, 4.69) is 0 Å². The minimum Gasteiger partial charge on any atom is -0.464 e. The van der Waals surface area contributed by atoms with Gasteiger partial charge in [-0.15, -0.1) is 0 Å². The van der Waals surface area contributed by atoms with Gasteiger partial charge in [0.15, 0.2) is 0 Å². The van der Waals surface area contributed by atoms with Gasteiger partial charge in [-0.25, -0.2) is 0 Å². The van der Waals surface area contributed by atoms with Crippen LogP contribution in [0.3, 0.4) is 0 Å². The summed E-state index contributed by atoms with van der Waals surface area (Å²) in [6.07, 6.45) is 2.07. The van der Waals surface area contributed by atoms with Crippen LogP contribution in [0.5, 0.6) is 0 Å². The number of rotatable bonds is 4. The number of halogens is 1. The number of carbonyl (C=O) groups excluding carboxylic acids is 1. The average molecular weight is 305 g/mol. The molecule has 0 unspecified atom stereocenters. The van der Waals surface area contributed by atoms with E-state index in [1.54, 1.807) is 18.2 Å². The number of nitrogens with two attached hydrogens (primary N) is 1. The molecule has 0 atom stereocenters. The van der Waals surface area contributed by atoms with Gasteiger partial charge in [0.05, 0.1) is 17.3 Å². The van der Waals surface area contributed by atoms with Gasteiger partial charge in [0, 0.05) is 11.6 Å². The summed E-state index contributed by atoms with van der Waals surface area (Å²) < 4.78 is 5.58. The lowest BCUT2D eigenvalue weighted by Gasteiger charge is -2.21. The third kappa shape index (κ3) is 3.05. The maximum atomic E-state index is 12.7. The van der Waals surface area contributed by atoms with E-state index >= 15 is 0 Å². The van der Waals surface area contributed by atoms with Crippen LogP contribution < -0.4 is 5.73 Å². The lowest BCUT2D eigenvalue weighted by molar-refractivity contribution is 0.0717. The SMILES string of the molecule is Cc1ccc(CN(C(=O)c2ccc(N)c(Cl)c2)C2CC2)o1. The van der Waals surface area contributed by atoms with Crippen LogP contribution in [-0.2, 0) is 6.54 Å². The lowest BCUT2D eigenvalue weighted by Crippen LogP contribution is -2.32. The van der Waals surface area contributed by atoms with Gasteiger partial charge < -0.3 is 15.1 Å². The molecule has 2 N–H and O–H groups in total. The Kier molecular flexibility index (Phi) is 3.64. The zero-order chi connectivity index (χ0) is 15.0. The number of furan rings is 1. The number of anilines is 1. The molecular formula is C16H17ClN2O2. The molecule has 2 aromatic rings. The summed E-state index contributed by atoms with van der Waals surface area (Å²) in [6.45, 7) is 2.38. The van der Waals surface area contributed by atoms with E-state index in [1.807, 2.05) is 24.0 Å². The number of carbonyl (C=O) groups is 1. The summed E-state index contributed by atoms with van der Waals surface area (Å²) in [5, 5.41) is 0.408. The Hall–Kier alpha value is -1.94. The smallest absolute Gasteiger partial charge is 0.254 e. The highest BCUT2D eigenvalue weighted by Crippen LogP contribution is 2.31. The summed E-state index contributed by atoms with van der Waals surface area (Å²) in [7, 11) is 0. The standard InChI is InChI=1S/C16H17ClN2O2/c1-10-2-6-13(21-10)9-19(12-4-5-12)16(20)11-3-7-15(18)14(17)8-11/h2-3,6-8,12H,4-5,9,18H2,1H3. The second kappa shape index (κ2) is 5.45. The number of hydrogen-bond acceptors (Lipinski definition) is 3. The van der Waals surface area contributed by atoms with Crippen LogP contribution in [-0.4, -0.2) is 16.8 Å². The van der Waals surface area contributed by atoms with Crippen molar-refractivity contribution in [3.8, 4) is 0 Å². The predicted octanol–water partition coefficient (Wildman–Crippen LogP) is 3.63. The van der Waals surface area contributed by atoms with Crippen molar-refractivity contribution in [1.29, 1.82) is 0 Å². The fraction of sp³-hybridized carbons (Fsp3) is 0.312. The maximum absolute atomic E-state index is 12.7. The molecule has 0 saturated heterocycles. The Balaban J connectivity index is 1.83. The summed E-state index contributed by atoms with van der Waals surface area (Å²) in [6, 6.07) is 9.12. The Morgan fingerprint density at radius 2 is 2.14 bits per heavy atom. The second-order valence-corrected chi connectivity index (χ2v) is 5.82. The second-order valence-electron chi connectivity index (χ2n) is 5.41. The number of benzene rings is 1. The molecule has 3 rings (SSSR count). The molecule has 1 amide bonds. The van der Waals surface area contributed by atoms with Gasteiger partial charge in [-0.2, -0.15) is 0 Å². The van der Waals surface area contributed by atoms with Gasteiger partial charge in [-0.1, -0.05) is 11.6 Å². The monoisotopic (exact) mass is 304 g/mol. The third-order valence-corrected chi connectivity index (χ3v) is 3.95. The zero-order valence-electron chi connectivity index (χ0n) is 11.8. The van der Waals surface area contributed by atoms with Crippen molar-refractivity contribution in [1.82, 2.24) is 4.90 Å². The van der Waals surface area contributed by atoms with Gasteiger partial charge >= 0.3 is 0 Å². The number of hydrogen-bond donors (Lipinski definition) is 1. The molecule has 21 heavy (non-hydrogen) atoms. The average Bonchev–Trinajstić information content (AvgIpc) is 3.21. The highest BCUT2D eigenvalue weighted by Gasteiger charge is 2.33. The van der Waals surface area contributed by atoms with Crippen LogP contribution in [0.1, 0.15) is 34.7 Å². The number of aryl methyl sites for hydroxylation is 1. The van der Waals surface area contributed by atoms with Gasteiger partial charge in [0.25, 0.3) is 5.91 Å². The number of nitrogens with zero attached hydrogens (tertiary/aromatic N) is 1. The highest BCUT2D eigenvalue weighted by molar-refractivity contribution is 6.33. The first-order valence-corrected chi connectivity index (χ1v) is 7.33. The quantitative estimate of drug-likeness (QED) is 0.877. The van der Waals surface area contributed by atoms with E-state index in [0.29, 0.717) is 28.9 Å². The fourth-order valence-corrected chi connectivity index (χ4v) is 2.50. The van der Waals surface area contributed by atoms with E-state index in [1.165, 1.54) is 0 Å². The highest BCUT2D eigenvalue weighted by atomic mass is 35.5. The van der Waals surface area contributed by atoms with Crippen molar-refractivity contribution < 1.29 is 9.21 Å². The molecule has 0 aliphatic heterocycles. The minimum atomic E-state index is -0.0338. The molecule has 110 valence electrons. The molecular weight excluding hydrogens is 288 g/mol. The van der Waals surface area contributed by atoms with E-state index in [-0.39, 0.29) is 5.91 Å². The summed E-state index contributed by atoms with van der Waals surface area (Å²) >= 11 is 6.01. The number of nitrogen functional groups attached to an aromatic ring is 1. The van der Waals surface area contributed by atoms with Crippen LogP contribution in [0.25, 0.3) is 0 Å². The van der Waals surface area contributed by atoms with Crippen LogP contribution in [0.15, 0.2) is 34.7 Å². The van der Waals surface area contributed by atoms with Crippen molar-refractivity contribution in [3.63, 3.8) is 0 Å². The van der Waals surface area contributed by atoms with Crippen LogP contribution in [0.2, 0.25) is 5.02 Å². The molecule has 0 bridgehead atoms. The molecule has 1 fully saturated rings. The Morgan fingerprint density at radius 1 is 1.38 bits per heavy atom. The summed E-state index contributed by atoms with van der Waals surface area (Å²) in [4.78, 5) is 14.5. The lowest BCUT2D eigenvalue weighted by atomic mass is 10.1. The topological polar surface area (TPSA) is 59.5 Å². The van der Waals surface area contributed by atoms with Crippen molar-refractivity contribution in [3.05, 3.63) is 52.4 Å². The van der Waals surface area contributed by atoms with Crippen LogP contribution in [0.4, 0.5) is 5.69 Å². The molecule has 1 aromatic carbocycles. The van der Waals surface area contributed by atoms with E-state index in [9.17, 15) is 4.79 Å². The first-order chi connectivity index (χ1) is 10.0. The summed E-state index contributed by atoms with van der Waals surface area (Å²) in [5.74, 6) is 1.62. The zero-order valence-corrected chi connectivity index (χ0v) is 12.6. The summed E-state index contributed by atoms with van der Waals surface area (Å²) in [5.41, 5.74) is 6.73. The van der Waals surface area contributed by atoms with Gasteiger partial charge in [0.2, 0.25) is 0 Å². The number of amides is 1. The van der Waals surface area contributed by atoms with Crippen molar-refractivity contribution in [2.45, 2.75) is 32.4 Å². The first kappa shape index (κ1) is 14.0. The first-order valence-electron chi connectivity index (χ1n) is 6.96.